The van der Waals surface area contributed by atoms with E-state index < -0.39 is 0 Å². The average molecular weight is 423 g/mol. The highest BCUT2D eigenvalue weighted by atomic mass is 32.2. The zero-order valence-corrected chi connectivity index (χ0v) is 16.9. The number of hydrogen-bond acceptors (Lipinski definition) is 5. The Labute approximate surface area is 175 Å². The number of aryl methyl sites for hydroxylation is 1. The number of aromatic nitrogens is 4. The quantitative estimate of drug-likeness (QED) is 0.367. The number of fused-ring (bicyclic) bond motifs is 1. The highest BCUT2D eigenvalue weighted by Crippen LogP contribution is 2.18. The Hall–Kier alpha value is -3.46. The number of nitrogens with one attached hydrogen (secondary N) is 2. The molecule has 7 nitrogen and oxygen atoms in total. The van der Waals surface area contributed by atoms with Crippen LogP contribution in [0.15, 0.2) is 64.7 Å². The summed E-state index contributed by atoms with van der Waals surface area (Å²) in [7, 11) is 0. The molecule has 4 aromatic rings. The second-order valence-corrected chi connectivity index (χ2v) is 7.66. The van der Waals surface area contributed by atoms with Gasteiger partial charge in [-0.3, -0.25) is 9.59 Å². The first kappa shape index (κ1) is 19.8. The van der Waals surface area contributed by atoms with E-state index in [4.69, 9.17) is 0 Å². The number of nitrogens with zero attached hydrogens (tertiary/aromatic N) is 3. The molecule has 2 aromatic carbocycles. The van der Waals surface area contributed by atoms with Gasteiger partial charge in [0.1, 0.15) is 11.2 Å². The van der Waals surface area contributed by atoms with Gasteiger partial charge in [-0.25, -0.2) is 14.1 Å². The third-order valence-corrected chi connectivity index (χ3v) is 5.28. The summed E-state index contributed by atoms with van der Waals surface area (Å²) in [5.41, 5.74) is 2.78. The van der Waals surface area contributed by atoms with Gasteiger partial charge in [0.15, 0.2) is 10.8 Å². The van der Waals surface area contributed by atoms with E-state index in [0.29, 0.717) is 22.7 Å². The van der Waals surface area contributed by atoms with Crippen LogP contribution in [0.3, 0.4) is 0 Å². The van der Waals surface area contributed by atoms with Crippen molar-refractivity contribution >= 4 is 28.7 Å². The van der Waals surface area contributed by atoms with Crippen LogP contribution in [0, 0.1) is 12.7 Å². The molecule has 2 heterocycles. The highest BCUT2D eigenvalue weighted by Gasteiger charge is 2.13. The fourth-order valence-corrected chi connectivity index (χ4v) is 3.59. The third kappa shape index (κ3) is 4.41. The molecule has 0 aliphatic rings. The number of aromatic amines is 1. The molecule has 152 valence electrons. The maximum atomic E-state index is 12.9. The lowest BCUT2D eigenvalue weighted by molar-refractivity contribution is -0.118. The van der Waals surface area contributed by atoms with Gasteiger partial charge in [-0.05, 0) is 42.3 Å². The Morgan fingerprint density at radius 2 is 2.03 bits per heavy atom. The summed E-state index contributed by atoms with van der Waals surface area (Å²) in [6.45, 7) is 2.27. The Morgan fingerprint density at radius 1 is 1.23 bits per heavy atom. The van der Waals surface area contributed by atoms with Gasteiger partial charge in [0.25, 0.3) is 5.56 Å². The van der Waals surface area contributed by atoms with E-state index in [0.717, 1.165) is 28.6 Å². The van der Waals surface area contributed by atoms with E-state index in [9.17, 15) is 14.0 Å². The zero-order valence-electron chi connectivity index (χ0n) is 16.1. The van der Waals surface area contributed by atoms with Gasteiger partial charge in [-0.15, -0.1) is 0 Å². The molecule has 2 aromatic heterocycles. The SMILES string of the molecule is Cc1cccc(-n2ncc3c(=O)[nH]c(SCC(=O)NCc4ccc(F)cc4)nc32)c1. The molecule has 2 N–H and O–H groups in total. The molecular weight excluding hydrogens is 405 g/mol. The number of H-pyrrole nitrogens is 1. The van der Waals surface area contributed by atoms with Gasteiger partial charge < -0.3 is 10.3 Å². The van der Waals surface area contributed by atoms with Crippen molar-refractivity contribution in [1.29, 1.82) is 0 Å². The molecule has 0 spiro atoms. The molecule has 0 saturated heterocycles. The van der Waals surface area contributed by atoms with Gasteiger partial charge >= 0.3 is 0 Å². The Morgan fingerprint density at radius 3 is 2.80 bits per heavy atom. The highest BCUT2D eigenvalue weighted by molar-refractivity contribution is 7.99. The fraction of sp³-hybridized carbons (Fsp3) is 0.143. The maximum Gasteiger partial charge on any atom is 0.262 e. The summed E-state index contributed by atoms with van der Waals surface area (Å²) in [5, 5.41) is 7.76. The molecule has 0 bridgehead atoms. The van der Waals surface area contributed by atoms with Crippen molar-refractivity contribution in [3.05, 3.63) is 82.0 Å². The number of carbonyl (C=O) groups excluding carboxylic acids is 1. The molecule has 0 fully saturated rings. The predicted molar refractivity (Wildman–Crippen MR) is 113 cm³/mol. The number of benzene rings is 2. The summed E-state index contributed by atoms with van der Waals surface area (Å²) in [4.78, 5) is 31.7. The largest absolute Gasteiger partial charge is 0.351 e. The van der Waals surface area contributed by atoms with Crippen LogP contribution < -0.4 is 10.9 Å². The van der Waals surface area contributed by atoms with Crippen molar-refractivity contribution in [3.8, 4) is 5.69 Å². The lowest BCUT2D eigenvalue weighted by Gasteiger charge is -2.06. The van der Waals surface area contributed by atoms with Crippen molar-refractivity contribution in [2.75, 3.05) is 5.75 Å². The normalized spacial score (nSPS) is 11.0. The number of hydrogen-bond donors (Lipinski definition) is 2. The summed E-state index contributed by atoms with van der Waals surface area (Å²) in [6.07, 6.45) is 1.48. The molecule has 1 amide bonds. The van der Waals surface area contributed by atoms with Gasteiger partial charge in [0, 0.05) is 6.54 Å². The van der Waals surface area contributed by atoms with Gasteiger partial charge in [-0.2, -0.15) is 5.10 Å². The Kier molecular flexibility index (Phi) is 5.62. The van der Waals surface area contributed by atoms with Crippen molar-refractivity contribution in [2.45, 2.75) is 18.6 Å². The molecule has 0 aliphatic carbocycles. The van der Waals surface area contributed by atoms with Crippen LogP contribution in [0.25, 0.3) is 16.7 Å². The van der Waals surface area contributed by atoms with Gasteiger partial charge in [0.05, 0.1) is 17.6 Å². The number of amides is 1. The smallest absolute Gasteiger partial charge is 0.262 e. The molecular formula is C21H18FN5O2S. The average Bonchev–Trinajstić information content (AvgIpc) is 3.16. The molecule has 0 unspecified atom stereocenters. The van der Waals surface area contributed by atoms with Crippen molar-refractivity contribution in [1.82, 2.24) is 25.1 Å². The van der Waals surface area contributed by atoms with Crippen LogP contribution in [0.2, 0.25) is 0 Å². The number of rotatable bonds is 6. The first-order chi connectivity index (χ1) is 14.5. The summed E-state index contributed by atoms with van der Waals surface area (Å²) >= 11 is 1.13. The topological polar surface area (TPSA) is 92.7 Å². The first-order valence-electron chi connectivity index (χ1n) is 9.18. The van der Waals surface area contributed by atoms with Crippen LogP contribution in [-0.2, 0) is 11.3 Å². The number of thioether (sulfide) groups is 1. The van der Waals surface area contributed by atoms with E-state index in [-0.39, 0.29) is 23.0 Å². The van der Waals surface area contributed by atoms with E-state index in [1.54, 1.807) is 16.8 Å². The van der Waals surface area contributed by atoms with E-state index in [2.05, 4.69) is 20.4 Å². The van der Waals surface area contributed by atoms with Crippen LogP contribution in [0.1, 0.15) is 11.1 Å². The Bertz CT molecular complexity index is 1270. The van der Waals surface area contributed by atoms with E-state index >= 15 is 0 Å². The van der Waals surface area contributed by atoms with Crippen LogP contribution in [0.5, 0.6) is 0 Å². The predicted octanol–water partition coefficient (Wildman–Crippen LogP) is 2.96. The number of halogens is 1. The van der Waals surface area contributed by atoms with Crippen molar-refractivity contribution < 1.29 is 9.18 Å². The fourth-order valence-electron chi connectivity index (χ4n) is 2.90. The van der Waals surface area contributed by atoms with Crippen LogP contribution >= 0.6 is 11.8 Å². The minimum Gasteiger partial charge on any atom is -0.351 e. The van der Waals surface area contributed by atoms with Gasteiger partial charge in [-0.1, -0.05) is 36.0 Å². The molecule has 0 saturated carbocycles. The van der Waals surface area contributed by atoms with E-state index in [1.165, 1.54) is 18.3 Å². The minimum atomic E-state index is -0.323. The monoisotopic (exact) mass is 423 g/mol. The molecule has 9 heteroatoms. The lowest BCUT2D eigenvalue weighted by Crippen LogP contribution is -2.24. The standard InChI is InChI=1S/C21H18FN5O2S/c1-13-3-2-4-16(9-13)27-19-17(11-24-27)20(29)26-21(25-19)30-12-18(28)23-10-14-5-7-15(22)8-6-14/h2-9,11H,10,12H2,1H3,(H,23,28)(H,25,26,29). The summed E-state index contributed by atoms with van der Waals surface area (Å²) in [6, 6.07) is 13.6. The maximum absolute atomic E-state index is 12.9. The van der Waals surface area contributed by atoms with Crippen molar-refractivity contribution in [2.24, 2.45) is 0 Å². The Balaban J connectivity index is 1.47. The molecule has 30 heavy (non-hydrogen) atoms. The molecule has 0 atom stereocenters. The van der Waals surface area contributed by atoms with Crippen LogP contribution in [-0.4, -0.2) is 31.4 Å². The third-order valence-electron chi connectivity index (χ3n) is 4.41. The lowest BCUT2D eigenvalue weighted by atomic mass is 10.2. The van der Waals surface area contributed by atoms with E-state index in [1.807, 2.05) is 31.2 Å². The van der Waals surface area contributed by atoms with Gasteiger partial charge in [0.2, 0.25) is 5.91 Å². The molecule has 0 aliphatic heterocycles. The second-order valence-electron chi connectivity index (χ2n) is 6.70. The minimum absolute atomic E-state index is 0.0776. The molecule has 0 radical (unpaired) electrons. The summed E-state index contributed by atoms with van der Waals surface area (Å²) in [5.74, 6) is -0.468. The first-order valence-corrected chi connectivity index (χ1v) is 10.2. The van der Waals surface area contributed by atoms with Crippen LogP contribution in [0.4, 0.5) is 4.39 Å². The zero-order chi connectivity index (χ0) is 21.1. The second kappa shape index (κ2) is 8.50. The molecule has 4 rings (SSSR count). The number of carbonyl (C=O) groups is 1. The van der Waals surface area contributed by atoms with Crippen molar-refractivity contribution in [3.63, 3.8) is 0 Å². The summed E-state index contributed by atoms with van der Waals surface area (Å²) < 4.78 is 14.5.